The van der Waals surface area contributed by atoms with Gasteiger partial charge in [0.2, 0.25) is 0 Å². The summed E-state index contributed by atoms with van der Waals surface area (Å²) in [5.41, 5.74) is 8.67. The summed E-state index contributed by atoms with van der Waals surface area (Å²) in [6, 6.07) is 23.3. The minimum Gasteiger partial charge on any atom is -0.492 e. The quantitative estimate of drug-likeness (QED) is 0.138. The van der Waals surface area contributed by atoms with E-state index < -0.39 is 0 Å². The fraction of sp³-hybridized carbons (Fsp3) is 0.211. The number of hydrogen-bond donors (Lipinski definition) is 3. The highest BCUT2D eigenvalue weighted by atomic mass is 19.1. The molecule has 8 rings (SSSR count). The Labute approximate surface area is 277 Å². The maximum atomic E-state index is 14.8. The predicted octanol–water partition coefficient (Wildman–Crippen LogP) is 7.13. The van der Waals surface area contributed by atoms with Crippen LogP contribution in [-0.4, -0.2) is 61.3 Å². The molecule has 5 aromatic heterocycles. The van der Waals surface area contributed by atoms with Gasteiger partial charge in [0, 0.05) is 60.6 Å². The number of aromatic amines is 2. The van der Waals surface area contributed by atoms with Gasteiger partial charge < -0.3 is 15.0 Å². The Bertz CT molecular complexity index is 2190. The van der Waals surface area contributed by atoms with Crippen LogP contribution in [0.5, 0.6) is 5.75 Å². The first-order valence-electron chi connectivity index (χ1n) is 16.3. The monoisotopic (exact) mass is 638 g/mol. The zero-order valence-corrected chi connectivity index (χ0v) is 26.4. The van der Waals surface area contributed by atoms with Crippen LogP contribution in [0.15, 0.2) is 97.6 Å². The van der Waals surface area contributed by atoms with Crippen molar-refractivity contribution in [2.24, 2.45) is 0 Å². The number of ether oxygens (including phenoxy) is 1. The number of H-pyrrole nitrogens is 2. The van der Waals surface area contributed by atoms with Gasteiger partial charge in [0.15, 0.2) is 0 Å². The number of halogens is 1. The first-order valence-corrected chi connectivity index (χ1v) is 16.3. The van der Waals surface area contributed by atoms with Crippen molar-refractivity contribution in [2.75, 3.05) is 26.2 Å². The summed E-state index contributed by atoms with van der Waals surface area (Å²) in [5.74, 6) is 0.182. The molecule has 2 aromatic carbocycles. The molecule has 0 radical (unpaired) electrons. The molecule has 6 heterocycles. The van der Waals surface area contributed by atoms with E-state index in [1.807, 2.05) is 54.9 Å². The van der Waals surface area contributed by atoms with Crippen molar-refractivity contribution in [3.63, 3.8) is 0 Å². The molecule has 0 aliphatic carbocycles. The molecule has 1 aliphatic rings. The van der Waals surface area contributed by atoms with Crippen molar-refractivity contribution < 1.29 is 9.13 Å². The van der Waals surface area contributed by atoms with Crippen LogP contribution < -0.4 is 10.1 Å². The topological polar surface area (TPSA) is 108 Å². The van der Waals surface area contributed by atoms with Crippen molar-refractivity contribution in [1.29, 1.82) is 0 Å². The van der Waals surface area contributed by atoms with E-state index in [0.29, 0.717) is 24.5 Å². The fourth-order valence-corrected chi connectivity index (χ4v) is 6.46. The Morgan fingerprint density at radius 1 is 0.833 bits per heavy atom. The lowest BCUT2D eigenvalue weighted by molar-refractivity contribution is 0.237. The van der Waals surface area contributed by atoms with Gasteiger partial charge >= 0.3 is 0 Å². The molecule has 10 heteroatoms. The highest BCUT2D eigenvalue weighted by Gasteiger charge is 2.17. The fourth-order valence-electron chi connectivity index (χ4n) is 6.46. The van der Waals surface area contributed by atoms with Crippen LogP contribution in [-0.2, 0) is 13.1 Å². The maximum absolute atomic E-state index is 14.8. The molecular weight excluding hydrogens is 603 g/mol. The van der Waals surface area contributed by atoms with Crippen LogP contribution in [0.25, 0.3) is 55.7 Å². The predicted molar refractivity (Wildman–Crippen MR) is 186 cm³/mol. The summed E-state index contributed by atoms with van der Waals surface area (Å²) >= 11 is 0. The van der Waals surface area contributed by atoms with Gasteiger partial charge in [0.25, 0.3) is 0 Å². The molecule has 0 spiro atoms. The van der Waals surface area contributed by atoms with E-state index in [1.165, 1.54) is 30.5 Å². The highest BCUT2D eigenvalue weighted by molar-refractivity contribution is 6.00. The first-order chi connectivity index (χ1) is 23.7. The third kappa shape index (κ3) is 6.40. The largest absolute Gasteiger partial charge is 0.492 e. The Morgan fingerprint density at radius 3 is 2.60 bits per heavy atom. The van der Waals surface area contributed by atoms with E-state index >= 15 is 0 Å². The van der Waals surface area contributed by atoms with Crippen LogP contribution in [0.4, 0.5) is 4.39 Å². The maximum Gasteiger partial charge on any atom is 0.138 e. The molecule has 0 amide bonds. The Kier molecular flexibility index (Phi) is 8.32. The third-order valence-electron chi connectivity index (χ3n) is 8.88. The Hall–Kier alpha value is -5.45. The molecule has 9 nitrogen and oxygen atoms in total. The van der Waals surface area contributed by atoms with Gasteiger partial charge in [0.05, 0.1) is 23.1 Å². The number of likely N-dealkylation sites (tertiary alicyclic amines) is 1. The van der Waals surface area contributed by atoms with E-state index in [9.17, 15) is 4.39 Å². The molecule has 7 aromatic rings. The molecule has 0 atom stereocenters. The van der Waals surface area contributed by atoms with Gasteiger partial charge in [-0.1, -0.05) is 30.3 Å². The summed E-state index contributed by atoms with van der Waals surface area (Å²) in [4.78, 5) is 19.6. The van der Waals surface area contributed by atoms with E-state index in [4.69, 9.17) is 9.72 Å². The van der Waals surface area contributed by atoms with Crippen LogP contribution in [0.1, 0.15) is 24.0 Å². The van der Waals surface area contributed by atoms with Gasteiger partial charge in [-0.05, 0) is 84.6 Å². The second-order valence-corrected chi connectivity index (χ2v) is 12.2. The van der Waals surface area contributed by atoms with E-state index in [2.05, 4.69) is 53.6 Å². The third-order valence-corrected chi connectivity index (χ3v) is 8.88. The van der Waals surface area contributed by atoms with E-state index in [-0.39, 0.29) is 5.82 Å². The van der Waals surface area contributed by atoms with Gasteiger partial charge in [-0.25, -0.2) is 9.37 Å². The molecule has 0 unspecified atom stereocenters. The second kappa shape index (κ2) is 13.3. The van der Waals surface area contributed by atoms with Crippen molar-refractivity contribution in [1.82, 2.24) is 40.3 Å². The highest BCUT2D eigenvalue weighted by Crippen LogP contribution is 2.35. The molecule has 1 aliphatic heterocycles. The summed E-state index contributed by atoms with van der Waals surface area (Å²) in [6.07, 6.45) is 9.69. The number of nitrogens with zero attached hydrogens (tertiary/aromatic N) is 5. The molecular formula is C38H35FN8O. The number of pyridine rings is 3. The first kappa shape index (κ1) is 29.9. The number of benzene rings is 2. The van der Waals surface area contributed by atoms with Gasteiger partial charge in [-0.3, -0.25) is 20.0 Å². The number of nitrogens with one attached hydrogen (secondary N) is 3. The lowest BCUT2D eigenvalue weighted by Crippen LogP contribution is -2.25. The number of rotatable bonds is 11. The zero-order valence-electron chi connectivity index (χ0n) is 26.4. The minimum atomic E-state index is -0.340. The molecule has 240 valence electrons. The van der Waals surface area contributed by atoms with Gasteiger partial charge in [0.1, 0.15) is 29.5 Å². The van der Waals surface area contributed by atoms with Crippen LogP contribution in [0.3, 0.4) is 0 Å². The van der Waals surface area contributed by atoms with Crippen LogP contribution in [0.2, 0.25) is 0 Å². The number of aromatic nitrogens is 6. The van der Waals surface area contributed by atoms with E-state index in [0.717, 1.165) is 81.8 Å². The summed E-state index contributed by atoms with van der Waals surface area (Å²) < 4.78 is 20.8. The minimum absolute atomic E-state index is 0.340. The SMILES string of the molecule is Fc1cc(OCCN2CCCC2)cc(-c2ccnc3[nH]c(-c4n[nH]c5cnc(-c6cncc(CNCc7ccccc7)c6)cc45)cc23)c1. The average Bonchev–Trinajstić information content (AvgIpc) is 3.88. The molecule has 0 bridgehead atoms. The molecule has 1 saturated heterocycles. The van der Waals surface area contributed by atoms with Gasteiger partial charge in [-0.2, -0.15) is 5.10 Å². The zero-order chi connectivity index (χ0) is 32.3. The molecule has 48 heavy (non-hydrogen) atoms. The standard InChI is InChI=1S/C38H35FN8O/c39-29-15-27(16-30(17-29)48-13-12-47-10-4-5-11-47)31-8-9-42-38-32(31)18-35(44-38)37-33-19-34(43-24-36(33)45-46-37)28-14-26(22-41-23-28)21-40-20-25-6-2-1-3-7-25/h1-3,6-9,14-19,22-24,40H,4-5,10-13,20-21H2,(H,42,44)(H,45,46). The summed E-state index contributed by atoms with van der Waals surface area (Å²) in [5, 5.41) is 13.0. The average molecular weight is 639 g/mol. The van der Waals surface area contributed by atoms with Crippen molar-refractivity contribution >= 4 is 21.9 Å². The Balaban J connectivity index is 1.05. The van der Waals surface area contributed by atoms with Gasteiger partial charge in [-0.15, -0.1) is 0 Å². The summed E-state index contributed by atoms with van der Waals surface area (Å²) in [6.45, 7) is 5.04. The van der Waals surface area contributed by atoms with Crippen LogP contribution in [0, 0.1) is 5.82 Å². The second-order valence-electron chi connectivity index (χ2n) is 12.2. The number of fused-ring (bicyclic) bond motifs is 2. The summed E-state index contributed by atoms with van der Waals surface area (Å²) in [7, 11) is 0. The molecule has 3 N–H and O–H groups in total. The lowest BCUT2D eigenvalue weighted by atomic mass is 10.0. The normalized spacial score (nSPS) is 13.5. The number of hydrogen-bond acceptors (Lipinski definition) is 7. The van der Waals surface area contributed by atoms with Crippen LogP contribution >= 0.6 is 0 Å². The van der Waals surface area contributed by atoms with E-state index in [1.54, 1.807) is 12.4 Å². The van der Waals surface area contributed by atoms with Crippen molar-refractivity contribution in [2.45, 2.75) is 25.9 Å². The van der Waals surface area contributed by atoms with Crippen molar-refractivity contribution in [3.05, 3.63) is 115 Å². The smallest absolute Gasteiger partial charge is 0.138 e. The van der Waals surface area contributed by atoms with Crippen molar-refractivity contribution in [3.8, 4) is 39.5 Å². The molecule has 0 saturated carbocycles. The Morgan fingerprint density at radius 2 is 1.71 bits per heavy atom. The lowest BCUT2D eigenvalue weighted by Gasteiger charge is -2.15. The molecule has 1 fully saturated rings.